The van der Waals surface area contributed by atoms with Gasteiger partial charge in [0.2, 0.25) is 0 Å². The van der Waals surface area contributed by atoms with Gasteiger partial charge in [0.25, 0.3) is 0 Å². The average molecular weight is 405 g/mol. The van der Waals surface area contributed by atoms with Gasteiger partial charge in [-0.1, -0.05) is 42.5 Å². The molecule has 4 nitrogen and oxygen atoms in total. The second-order valence-corrected chi connectivity index (χ2v) is 7.22. The van der Waals surface area contributed by atoms with Crippen molar-refractivity contribution in [1.82, 2.24) is 4.98 Å². The highest BCUT2D eigenvalue weighted by molar-refractivity contribution is 5.83. The van der Waals surface area contributed by atoms with Gasteiger partial charge in [-0.25, -0.2) is 4.39 Å². The maximum absolute atomic E-state index is 13.9. The molecule has 1 aromatic heterocycles. The first-order valence-electron chi connectivity index (χ1n) is 10.1. The summed E-state index contributed by atoms with van der Waals surface area (Å²) in [5.41, 5.74) is 4.05. The topological polar surface area (TPSA) is 50.9 Å². The van der Waals surface area contributed by atoms with E-state index in [9.17, 15) is 4.39 Å². The lowest BCUT2D eigenvalue weighted by Gasteiger charge is -2.15. The summed E-state index contributed by atoms with van der Waals surface area (Å²) in [6.07, 6.45) is 3.06. The van der Waals surface area contributed by atoms with Gasteiger partial charge in [0.05, 0.1) is 19.2 Å². The first-order chi connectivity index (χ1) is 14.8. The van der Waals surface area contributed by atoms with E-state index in [-0.39, 0.29) is 12.4 Å². The van der Waals surface area contributed by atoms with Gasteiger partial charge in [-0.15, -0.1) is 0 Å². The highest BCUT2D eigenvalue weighted by Crippen LogP contribution is 2.31. The minimum atomic E-state index is -0.265. The van der Waals surface area contributed by atoms with Gasteiger partial charge < -0.3 is 19.8 Å². The third-order valence-electron chi connectivity index (χ3n) is 5.27. The van der Waals surface area contributed by atoms with E-state index in [1.807, 2.05) is 30.3 Å². The zero-order valence-electron chi connectivity index (χ0n) is 17.0. The molecule has 154 valence electrons. The molecule has 5 heteroatoms. The van der Waals surface area contributed by atoms with Gasteiger partial charge in [-0.05, 0) is 29.8 Å². The van der Waals surface area contributed by atoms with Gasteiger partial charge in [0.1, 0.15) is 19.0 Å². The number of aromatic nitrogens is 1. The number of quaternary nitrogens is 1. The molecule has 0 amide bonds. The van der Waals surface area contributed by atoms with Gasteiger partial charge in [-0.2, -0.15) is 0 Å². The van der Waals surface area contributed by atoms with Crippen LogP contribution < -0.4 is 14.8 Å². The number of hydrogen-bond acceptors (Lipinski definition) is 2. The summed E-state index contributed by atoms with van der Waals surface area (Å²) in [6, 6.07) is 20.9. The van der Waals surface area contributed by atoms with E-state index in [1.165, 1.54) is 22.5 Å². The summed E-state index contributed by atoms with van der Waals surface area (Å²) in [5.74, 6) is 1.07. The van der Waals surface area contributed by atoms with Crippen molar-refractivity contribution in [2.24, 2.45) is 0 Å². The average Bonchev–Trinajstić information content (AvgIpc) is 3.19. The number of nitrogens with two attached hydrogens (primary N) is 1. The Bertz CT molecular complexity index is 1120. The Hall–Kier alpha value is -3.31. The number of benzene rings is 3. The molecule has 3 aromatic carbocycles. The van der Waals surface area contributed by atoms with Crippen molar-refractivity contribution in [1.29, 1.82) is 0 Å². The van der Waals surface area contributed by atoms with E-state index in [4.69, 9.17) is 9.47 Å². The van der Waals surface area contributed by atoms with E-state index < -0.39 is 0 Å². The monoisotopic (exact) mass is 405 g/mol. The first-order valence-corrected chi connectivity index (χ1v) is 10.1. The summed E-state index contributed by atoms with van der Waals surface area (Å²) in [7, 11) is 1.62. The summed E-state index contributed by atoms with van der Waals surface area (Å²) < 4.78 is 25.4. The number of rotatable bonds is 9. The minimum Gasteiger partial charge on any atom is -0.493 e. The molecule has 0 saturated carbocycles. The third-order valence-corrected chi connectivity index (χ3v) is 5.27. The Balaban J connectivity index is 1.40. The SMILES string of the molecule is COc1cccc(C[NH2+]CCc2c[nH]c3ccccc23)c1OCc1ccccc1F. The molecule has 4 aromatic rings. The lowest BCUT2D eigenvalue weighted by molar-refractivity contribution is -0.670. The van der Waals surface area contributed by atoms with E-state index in [0.29, 0.717) is 17.1 Å². The molecule has 0 radical (unpaired) electrons. The molecule has 0 bridgehead atoms. The Morgan fingerprint density at radius 2 is 1.70 bits per heavy atom. The zero-order chi connectivity index (χ0) is 20.8. The lowest BCUT2D eigenvalue weighted by atomic mass is 10.1. The van der Waals surface area contributed by atoms with Crippen molar-refractivity contribution in [3.63, 3.8) is 0 Å². The van der Waals surface area contributed by atoms with Crippen LogP contribution in [0.5, 0.6) is 11.5 Å². The van der Waals surface area contributed by atoms with Crippen LogP contribution in [0.25, 0.3) is 10.9 Å². The van der Waals surface area contributed by atoms with Gasteiger partial charge in [0, 0.05) is 29.1 Å². The zero-order valence-corrected chi connectivity index (χ0v) is 17.0. The van der Waals surface area contributed by atoms with Crippen LogP contribution in [0.2, 0.25) is 0 Å². The van der Waals surface area contributed by atoms with Gasteiger partial charge in [-0.3, -0.25) is 0 Å². The molecular weight excluding hydrogens is 379 g/mol. The second kappa shape index (κ2) is 9.46. The molecule has 0 spiro atoms. The van der Waals surface area contributed by atoms with Crippen molar-refractivity contribution in [2.45, 2.75) is 19.6 Å². The number of H-pyrrole nitrogens is 1. The lowest BCUT2D eigenvalue weighted by Crippen LogP contribution is -2.83. The minimum absolute atomic E-state index is 0.162. The van der Waals surface area contributed by atoms with Crippen LogP contribution in [-0.4, -0.2) is 18.6 Å². The van der Waals surface area contributed by atoms with Crippen LogP contribution in [0, 0.1) is 5.82 Å². The molecule has 1 heterocycles. The van der Waals surface area contributed by atoms with Crippen LogP contribution >= 0.6 is 0 Å². The molecule has 0 atom stereocenters. The van der Waals surface area contributed by atoms with Crippen LogP contribution in [0.3, 0.4) is 0 Å². The van der Waals surface area contributed by atoms with Gasteiger partial charge in [0.15, 0.2) is 11.5 Å². The van der Waals surface area contributed by atoms with Crippen LogP contribution in [0.15, 0.2) is 72.9 Å². The standard InChI is InChI=1S/C25H25FN2O2/c1-29-24-12-6-8-19(25(24)30-17-20-7-2-4-10-22(20)26)15-27-14-13-18-16-28-23-11-5-3-9-21(18)23/h2-12,16,27-28H,13-15,17H2,1H3/p+1. The molecule has 0 fully saturated rings. The maximum atomic E-state index is 13.9. The Kier molecular flexibility index (Phi) is 6.30. The normalized spacial score (nSPS) is 11.0. The first kappa shape index (κ1) is 20.0. The fourth-order valence-electron chi connectivity index (χ4n) is 3.67. The summed E-state index contributed by atoms with van der Waals surface area (Å²) in [6.45, 7) is 1.87. The second-order valence-electron chi connectivity index (χ2n) is 7.22. The molecular formula is C25H26FN2O2+. The number of para-hydroxylation sites is 2. The highest BCUT2D eigenvalue weighted by atomic mass is 19.1. The van der Waals surface area contributed by atoms with Gasteiger partial charge >= 0.3 is 0 Å². The van der Waals surface area contributed by atoms with E-state index in [2.05, 4.69) is 34.7 Å². The predicted molar refractivity (Wildman–Crippen MR) is 116 cm³/mol. The molecule has 0 saturated heterocycles. The number of aromatic amines is 1. The fourth-order valence-corrected chi connectivity index (χ4v) is 3.67. The Morgan fingerprint density at radius 1 is 0.900 bits per heavy atom. The number of ether oxygens (including phenoxy) is 2. The number of halogens is 1. The van der Waals surface area contributed by atoms with Crippen LogP contribution in [0.4, 0.5) is 4.39 Å². The molecule has 30 heavy (non-hydrogen) atoms. The van der Waals surface area contributed by atoms with Crippen LogP contribution in [0.1, 0.15) is 16.7 Å². The smallest absolute Gasteiger partial charge is 0.170 e. The third kappa shape index (κ3) is 4.47. The number of fused-ring (bicyclic) bond motifs is 1. The predicted octanol–water partition coefficient (Wildman–Crippen LogP) is 4.20. The highest BCUT2D eigenvalue weighted by Gasteiger charge is 2.13. The summed E-state index contributed by atoms with van der Waals surface area (Å²) in [4.78, 5) is 3.33. The fraction of sp³-hybridized carbons (Fsp3) is 0.200. The molecule has 4 rings (SSSR count). The van der Waals surface area contributed by atoms with Crippen LogP contribution in [-0.2, 0) is 19.6 Å². The van der Waals surface area contributed by atoms with Crippen molar-refractivity contribution in [2.75, 3.05) is 13.7 Å². The number of methoxy groups -OCH3 is 1. The van der Waals surface area contributed by atoms with Crippen molar-refractivity contribution < 1.29 is 19.2 Å². The molecule has 0 unspecified atom stereocenters. The molecule has 0 aliphatic rings. The number of nitrogens with one attached hydrogen (secondary N) is 1. The maximum Gasteiger partial charge on any atom is 0.170 e. The summed E-state index contributed by atoms with van der Waals surface area (Å²) in [5, 5.41) is 3.54. The quantitative estimate of drug-likeness (QED) is 0.410. The van der Waals surface area contributed by atoms with E-state index in [0.717, 1.165) is 25.1 Å². The van der Waals surface area contributed by atoms with E-state index >= 15 is 0 Å². The Labute approximate surface area is 175 Å². The molecule has 3 N–H and O–H groups in total. The number of hydrogen-bond donors (Lipinski definition) is 2. The van der Waals surface area contributed by atoms with Crippen molar-refractivity contribution >= 4 is 10.9 Å². The largest absolute Gasteiger partial charge is 0.493 e. The molecule has 0 aliphatic heterocycles. The summed E-state index contributed by atoms with van der Waals surface area (Å²) >= 11 is 0. The van der Waals surface area contributed by atoms with E-state index in [1.54, 1.807) is 19.2 Å². The van der Waals surface area contributed by atoms with Crippen molar-refractivity contribution in [3.05, 3.63) is 95.4 Å². The van der Waals surface area contributed by atoms with Crippen molar-refractivity contribution in [3.8, 4) is 11.5 Å². The molecule has 0 aliphatic carbocycles. The Morgan fingerprint density at radius 3 is 2.57 bits per heavy atom.